The summed E-state index contributed by atoms with van der Waals surface area (Å²) in [7, 11) is 5.59. The second kappa shape index (κ2) is 17.2. The molecule has 0 aliphatic rings. The van der Waals surface area contributed by atoms with Gasteiger partial charge >= 0.3 is 0 Å². The molecule has 32 heavy (non-hydrogen) atoms. The highest BCUT2D eigenvalue weighted by Gasteiger charge is 2.07. The number of nitriles is 1. The van der Waals surface area contributed by atoms with Crippen molar-refractivity contribution in [2.75, 3.05) is 32.6 Å². The minimum atomic E-state index is -0.377. The van der Waals surface area contributed by atoms with Gasteiger partial charge in [-0.05, 0) is 47.9 Å². The topological polar surface area (TPSA) is 65.4 Å². The molecule has 5 nitrogen and oxygen atoms in total. The van der Waals surface area contributed by atoms with E-state index in [2.05, 4.69) is 5.32 Å². The van der Waals surface area contributed by atoms with E-state index in [4.69, 9.17) is 4.74 Å². The van der Waals surface area contributed by atoms with Gasteiger partial charge in [-0.3, -0.25) is 4.79 Å². The molecule has 0 atom stereocenters. The zero-order valence-corrected chi connectivity index (χ0v) is 20.5. The third-order valence-electron chi connectivity index (χ3n) is 4.16. The first-order valence-electron chi connectivity index (χ1n) is 11.0. The van der Waals surface area contributed by atoms with Crippen molar-refractivity contribution in [3.63, 3.8) is 0 Å². The van der Waals surface area contributed by atoms with Crippen molar-refractivity contribution in [2.45, 2.75) is 34.1 Å². The number of benzene rings is 2. The summed E-state index contributed by atoms with van der Waals surface area (Å²) in [5.41, 5.74) is 3.24. The lowest BCUT2D eigenvalue weighted by Crippen LogP contribution is -2.26. The number of hydrogen-bond donors (Lipinski definition) is 1. The third-order valence-corrected chi connectivity index (χ3v) is 4.16. The Morgan fingerprint density at radius 2 is 1.75 bits per heavy atom. The minimum absolute atomic E-state index is 0.0757. The maximum atomic E-state index is 12.2. The fourth-order valence-electron chi connectivity index (χ4n) is 2.55. The summed E-state index contributed by atoms with van der Waals surface area (Å²) < 4.78 is 5.19. The number of amides is 1. The molecule has 0 aromatic heterocycles. The van der Waals surface area contributed by atoms with Gasteiger partial charge in [-0.25, -0.2) is 0 Å². The number of nitrogens with zero attached hydrogens (tertiary/aromatic N) is 2. The van der Waals surface area contributed by atoms with Gasteiger partial charge in [0.25, 0.3) is 5.91 Å². The quantitative estimate of drug-likeness (QED) is 0.331. The van der Waals surface area contributed by atoms with Crippen LogP contribution in [0.15, 0.2) is 66.3 Å². The molecule has 0 aliphatic heterocycles. The molecule has 0 unspecified atom stereocenters. The van der Waals surface area contributed by atoms with E-state index in [1.54, 1.807) is 13.2 Å². The lowest BCUT2D eigenvalue weighted by atomic mass is 10.1. The van der Waals surface area contributed by atoms with Crippen LogP contribution < -0.4 is 15.0 Å². The van der Waals surface area contributed by atoms with Crippen LogP contribution in [0.25, 0.3) is 6.08 Å². The molecule has 2 aromatic carbocycles. The average molecular weight is 436 g/mol. The zero-order chi connectivity index (χ0) is 24.4. The standard InChI is InChI=1S/C23H25N3O2.2C2H6/c1-26(2)21-12-10-18(11-13-21)6-4-8-20(17-24)23(27)25-15-14-19-7-5-9-22(16-19)28-3;2*1-2/h4-13,16H,14-15H2,1-3H3,(H,25,27);2*1-2H3/b6-4+,20-8+;;. The highest BCUT2D eigenvalue weighted by Crippen LogP contribution is 2.14. The Bertz CT molecular complexity index is 892. The molecule has 0 saturated heterocycles. The molecule has 0 spiro atoms. The van der Waals surface area contributed by atoms with Crippen LogP contribution in [0, 0.1) is 11.3 Å². The van der Waals surface area contributed by atoms with Crippen molar-refractivity contribution in [3.8, 4) is 11.8 Å². The van der Waals surface area contributed by atoms with Crippen LogP contribution in [-0.2, 0) is 11.2 Å². The number of carbonyl (C=O) groups is 1. The predicted molar refractivity (Wildman–Crippen MR) is 136 cm³/mol. The normalized spacial score (nSPS) is 10.1. The Kier molecular flexibility index (Phi) is 15.3. The molecule has 1 N–H and O–H groups in total. The van der Waals surface area contributed by atoms with Gasteiger partial charge in [-0.15, -0.1) is 0 Å². The molecule has 0 saturated carbocycles. The Balaban J connectivity index is 0.00000227. The third kappa shape index (κ3) is 10.5. The van der Waals surface area contributed by atoms with Gasteiger partial charge < -0.3 is 15.0 Å². The van der Waals surface area contributed by atoms with Crippen LogP contribution in [0.4, 0.5) is 5.69 Å². The summed E-state index contributed by atoms with van der Waals surface area (Å²) in [5, 5.41) is 12.0. The summed E-state index contributed by atoms with van der Waals surface area (Å²) in [6, 6.07) is 17.6. The van der Waals surface area contributed by atoms with E-state index in [1.165, 1.54) is 6.08 Å². The van der Waals surface area contributed by atoms with E-state index >= 15 is 0 Å². The summed E-state index contributed by atoms with van der Waals surface area (Å²) in [4.78, 5) is 14.2. The average Bonchev–Trinajstić information content (AvgIpc) is 2.84. The second-order valence-corrected chi connectivity index (χ2v) is 6.39. The van der Waals surface area contributed by atoms with Gasteiger partial charge in [0.1, 0.15) is 17.4 Å². The molecule has 0 heterocycles. The Labute approximate surface area is 194 Å². The number of anilines is 1. The number of hydrogen-bond acceptors (Lipinski definition) is 4. The predicted octanol–water partition coefficient (Wildman–Crippen LogP) is 5.64. The van der Waals surface area contributed by atoms with Crippen molar-refractivity contribution in [1.82, 2.24) is 5.32 Å². The summed E-state index contributed by atoms with van der Waals surface area (Å²) >= 11 is 0. The second-order valence-electron chi connectivity index (χ2n) is 6.39. The lowest BCUT2D eigenvalue weighted by molar-refractivity contribution is -0.117. The zero-order valence-electron chi connectivity index (χ0n) is 20.5. The van der Waals surface area contributed by atoms with Crippen molar-refractivity contribution in [2.24, 2.45) is 0 Å². The van der Waals surface area contributed by atoms with E-state index in [9.17, 15) is 10.1 Å². The number of allylic oxidation sites excluding steroid dienone is 2. The van der Waals surface area contributed by atoms with Crippen LogP contribution in [0.5, 0.6) is 5.75 Å². The van der Waals surface area contributed by atoms with E-state index < -0.39 is 0 Å². The van der Waals surface area contributed by atoms with Gasteiger partial charge in [-0.1, -0.05) is 64.1 Å². The van der Waals surface area contributed by atoms with Crippen LogP contribution in [0.1, 0.15) is 38.8 Å². The number of carbonyl (C=O) groups excluding carboxylic acids is 1. The van der Waals surface area contributed by atoms with E-state index in [1.807, 2.05) is 107 Å². The molecule has 2 aromatic rings. The summed E-state index contributed by atoms with van der Waals surface area (Å²) in [6.45, 7) is 8.45. The minimum Gasteiger partial charge on any atom is -0.497 e. The highest BCUT2D eigenvalue weighted by molar-refractivity contribution is 5.97. The van der Waals surface area contributed by atoms with E-state index in [0.717, 1.165) is 22.6 Å². The van der Waals surface area contributed by atoms with E-state index in [0.29, 0.717) is 13.0 Å². The fraction of sp³-hybridized carbons (Fsp3) is 0.333. The molecule has 5 heteroatoms. The van der Waals surface area contributed by atoms with Crippen molar-refractivity contribution in [1.29, 1.82) is 5.26 Å². The molecule has 0 bridgehead atoms. The molecule has 0 fully saturated rings. The van der Waals surface area contributed by atoms with Gasteiger partial charge in [-0.2, -0.15) is 5.26 Å². The number of methoxy groups -OCH3 is 1. The lowest BCUT2D eigenvalue weighted by Gasteiger charge is -2.11. The molecule has 0 radical (unpaired) electrons. The van der Waals surface area contributed by atoms with Crippen molar-refractivity contribution >= 4 is 17.7 Å². The number of rotatable bonds is 8. The first kappa shape index (κ1) is 28.5. The van der Waals surface area contributed by atoms with E-state index in [-0.39, 0.29) is 11.5 Å². The van der Waals surface area contributed by atoms with Crippen molar-refractivity contribution in [3.05, 3.63) is 77.4 Å². The monoisotopic (exact) mass is 435 g/mol. The van der Waals surface area contributed by atoms with Crippen LogP contribution in [0.3, 0.4) is 0 Å². The summed E-state index contributed by atoms with van der Waals surface area (Å²) in [6.07, 6.45) is 5.77. The molecule has 172 valence electrons. The van der Waals surface area contributed by atoms with Gasteiger partial charge in [0.05, 0.1) is 7.11 Å². The molecular weight excluding hydrogens is 398 g/mol. The van der Waals surface area contributed by atoms with Gasteiger partial charge in [0.15, 0.2) is 0 Å². The Morgan fingerprint density at radius 1 is 1.09 bits per heavy atom. The van der Waals surface area contributed by atoms with Crippen LogP contribution in [-0.4, -0.2) is 33.7 Å². The van der Waals surface area contributed by atoms with Gasteiger partial charge in [0, 0.05) is 26.3 Å². The SMILES string of the molecule is CC.CC.COc1cccc(CCNC(=O)/C(C#N)=C/C=C/c2ccc(N(C)C)cc2)c1. The number of nitrogens with one attached hydrogen (secondary N) is 1. The van der Waals surface area contributed by atoms with Crippen molar-refractivity contribution < 1.29 is 9.53 Å². The molecule has 0 aliphatic carbocycles. The maximum absolute atomic E-state index is 12.2. The molecule has 1 amide bonds. The van der Waals surface area contributed by atoms with Crippen LogP contribution in [0.2, 0.25) is 0 Å². The molecule has 2 rings (SSSR count). The Hall–Kier alpha value is -3.52. The van der Waals surface area contributed by atoms with Gasteiger partial charge in [0.2, 0.25) is 0 Å². The fourth-order valence-corrected chi connectivity index (χ4v) is 2.55. The Morgan fingerprint density at radius 3 is 2.31 bits per heavy atom. The first-order chi connectivity index (χ1) is 15.5. The highest BCUT2D eigenvalue weighted by atomic mass is 16.5. The largest absolute Gasteiger partial charge is 0.497 e. The number of ether oxygens (including phenoxy) is 1. The maximum Gasteiger partial charge on any atom is 0.261 e. The smallest absolute Gasteiger partial charge is 0.261 e. The summed E-state index contributed by atoms with van der Waals surface area (Å²) in [5.74, 6) is 0.406. The molecular formula is C27H37N3O2. The first-order valence-corrected chi connectivity index (χ1v) is 11.0. The van der Waals surface area contributed by atoms with Crippen LogP contribution >= 0.6 is 0 Å².